The average Bonchev–Trinajstić information content (AvgIpc) is 3.30. The van der Waals surface area contributed by atoms with E-state index < -0.39 is 5.91 Å². The Hall–Kier alpha value is -2.96. The second-order valence-electron chi connectivity index (χ2n) is 6.78. The summed E-state index contributed by atoms with van der Waals surface area (Å²) in [5, 5.41) is 20.9. The van der Waals surface area contributed by atoms with Crippen molar-refractivity contribution in [3.63, 3.8) is 0 Å². The van der Waals surface area contributed by atoms with Crippen molar-refractivity contribution < 1.29 is 10.0 Å². The van der Waals surface area contributed by atoms with Gasteiger partial charge < -0.3 is 5.32 Å². The van der Waals surface area contributed by atoms with Gasteiger partial charge in [-0.2, -0.15) is 5.10 Å². The minimum atomic E-state index is -0.527. The van der Waals surface area contributed by atoms with Crippen LogP contribution in [0.5, 0.6) is 0 Å². The Labute approximate surface area is 157 Å². The van der Waals surface area contributed by atoms with Crippen molar-refractivity contribution in [3.05, 3.63) is 70.9 Å². The van der Waals surface area contributed by atoms with E-state index in [9.17, 15) is 4.79 Å². The van der Waals surface area contributed by atoms with E-state index in [1.165, 1.54) is 22.6 Å². The summed E-state index contributed by atoms with van der Waals surface area (Å²) in [6, 6.07) is 14.8. The number of aryl methyl sites for hydroxylation is 1. The van der Waals surface area contributed by atoms with E-state index in [2.05, 4.69) is 33.7 Å². The summed E-state index contributed by atoms with van der Waals surface area (Å²) in [5.41, 5.74) is 7.36. The molecule has 1 aromatic heterocycles. The number of amides is 1. The van der Waals surface area contributed by atoms with E-state index in [0.29, 0.717) is 6.04 Å². The number of carbonyl (C=O) groups is 1. The third-order valence-electron chi connectivity index (χ3n) is 5.08. The first-order chi connectivity index (χ1) is 13.2. The number of nitrogens with one attached hydrogen (secondary N) is 3. The monoisotopic (exact) mass is 362 g/mol. The summed E-state index contributed by atoms with van der Waals surface area (Å²) in [4.78, 5) is 11.1. The van der Waals surface area contributed by atoms with Gasteiger partial charge in [-0.1, -0.05) is 36.4 Å². The van der Waals surface area contributed by atoms with Crippen molar-refractivity contribution in [2.45, 2.75) is 25.3 Å². The van der Waals surface area contributed by atoms with Crippen LogP contribution in [0.25, 0.3) is 17.0 Å². The molecule has 4 N–H and O–H groups in total. The van der Waals surface area contributed by atoms with E-state index in [-0.39, 0.29) is 0 Å². The Morgan fingerprint density at radius 2 is 2.19 bits per heavy atom. The molecule has 1 atom stereocenters. The molecule has 1 heterocycles. The summed E-state index contributed by atoms with van der Waals surface area (Å²) in [6.07, 6.45) is 6.00. The van der Waals surface area contributed by atoms with Crippen LogP contribution < -0.4 is 10.8 Å². The molecule has 0 spiro atoms. The molecule has 1 unspecified atom stereocenters. The normalized spacial score (nSPS) is 16.1. The van der Waals surface area contributed by atoms with Crippen molar-refractivity contribution in [2.24, 2.45) is 0 Å². The van der Waals surface area contributed by atoms with Crippen LogP contribution >= 0.6 is 0 Å². The van der Waals surface area contributed by atoms with Gasteiger partial charge in [0.1, 0.15) is 0 Å². The Kier molecular flexibility index (Phi) is 5.00. The lowest BCUT2D eigenvalue weighted by Crippen LogP contribution is -2.22. The first kappa shape index (κ1) is 17.5. The lowest BCUT2D eigenvalue weighted by atomic mass is 10.0. The standard InChI is InChI=1S/C21H22N4O2/c26-21(25-27)10-6-14-5-8-16-15(13-14)7-9-18(16)22-12-11-20-17-3-1-2-4-19(17)23-24-20/h1-6,8,10,13,18,22,27H,7,9,11-12H2,(H,23,24)(H,25,26). The number of hydrogen-bond donors (Lipinski definition) is 4. The second kappa shape index (κ2) is 7.73. The Balaban J connectivity index is 1.38. The maximum Gasteiger partial charge on any atom is 0.267 e. The SMILES string of the molecule is O=C(C=Cc1ccc2c(c1)CCC2NCCc1n[nH]c2ccccc12)NO. The van der Waals surface area contributed by atoms with Crippen LogP contribution in [0.3, 0.4) is 0 Å². The fourth-order valence-electron chi connectivity index (χ4n) is 3.74. The number of aromatic amines is 1. The molecular formula is C21H22N4O2. The van der Waals surface area contributed by atoms with Gasteiger partial charge in [0, 0.05) is 30.5 Å². The van der Waals surface area contributed by atoms with Crippen LogP contribution in [0.15, 0.2) is 48.5 Å². The number of fused-ring (bicyclic) bond motifs is 2. The molecule has 27 heavy (non-hydrogen) atoms. The van der Waals surface area contributed by atoms with Crippen LogP contribution in [0, 0.1) is 0 Å². The van der Waals surface area contributed by atoms with Crippen LogP contribution in [-0.4, -0.2) is 27.9 Å². The lowest BCUT2D eigenvalue weighted by Gasteiger charge is -2.14. The summed E-state index contributed by atoms with van der Waals surface area (Å²) >= 11 is 0. The van der Waals surface area contributed by atoms with Gasteiger partial charge in [0.05, 0.1) is 11.2 Å². The highest BCUT2D eigenvalue weighted by molar-refractivity contribution is 5.90. The Bertz CT molecular complexity index is 993. The van der Waals surface area contributed by atoms with Gasteiger partial charge in [-0.25, -0.2) is 5.48 Å². The molecule has 0 radical (unpaired) electrons. The van der Waals surface area contributed by atoms with Gasteiger partial charge in [-0.3, -0.25) is 15.1 Å². The molecule has 0 bridgehead atoms. The molecule has 2 aromatic carbocycles. The number of nitrogens with zero attached hydrogens (tertiary/aromatic N) is 1. The highest BCUT2D eigenvalue weighted by Gasteiger charge is 2.21. The number of rotatable bonds is 6. The Morgan fingerprint density at radius 1 is 1.30 bits per heavy atom. The summed E-state index contributed by atoms with van der Waals surface area (Å²) in [5.74, 6) is -0.527. The smallest absolute Gasteiger partial charge is 0.267 e. The minimum absolute atomic E-state index is 0.351. The maximum absolute atomic E-state index is 11.1. The molecule has 0 saturated carbocycles. The molecule has 1 amide bonds. The topological polar surface area (TPSA) is 90.0 Å². The van der Waals surface area contributed by atoms with Crippen molar-refractivity contribution in [3.8, 4) is 0 Å². The number of H-pyrrole nitrogens is 1. The first-order valence-electron chi connectivity index (χ1n) is 9.15. The van der Waals surface area contributed by atoms with Gasteiger partial charge in [0.2, 0.25) is 0 Å². The number of para-hydroxylation sites is 1. The minimum Gasteiger partial charge on any atom is -0.310 e. The number of benzene rings is 2. The maximum atomic E-state index is 11.1. The van der Waals surface area contributed by atoms with Gasteiger partial charge in [-0.05, 0) is 41.7 Å². The molecule has 4 rings (SSSR count). The largest absolute Gasteiger partial charge is 0.310 e. The van der Waals surface area contributed by atoms with Gasteiger partial charge in [0.25, 0.3) is 5.91 Å². The van der Waals surface area contributed by atoms with E-state index in [4.69, 9.17) is 5.21 Å². The number of aromatic nitrogens is 2. The second-order valence-corrected chi connectivity index (χ2v) is 6.78. The van der Waals surface area contributed by atoms with Crippen LogP contribution in [0.2, 0.25) is 0 Å². The fraction of sp³-hybridized carbons (Fsp3) is 0.238. The van der Waals surface area contributed by atoms with Gasteiger partial charge >= 0.3 is 0 Å². The van der Waals surface area contributed by atoms with E-state index >= 15 is 0 Å². The predicted octanol–water partition coefficient (Wildman–Crippen LogP) is 2.90. The van der Waals surface area contributed by atoms with Crippen LogP contribution in [-0.2, 0) is 17.6 Å². The van der Waals surface area contributed by atoms with E-state index in [0.717, 1.165) is 42.6 Å². The zero-order valence-electron chi connectivity index (χ0n) is 14.9. The van der Waals surface area contributed by atoms with E-state index in [1.54, 1.807) is 11.6 Å². The first-order valence-corrected chi connectivity index (χ1v) is 9.15. The quantitative estimate of drug-likeness (QED) is 0.308. The van der Waals surface area contributed by atoms with E-state index in [1.807, 2.05) is 24.3 Å². The zero-order chi connectivity index (χ0) is 18.6. The third kappa shape index (κ3) is 3.77. The molecule has 0 fully saturated rings. The highest BCUT2D eigenvalue weighted by Crippen LogP contribution is 2.32. The zero-order valence-corrected chi connectivity index (χ0v) is 14.9. The van der Waals surface area contributed by atoms with Gasteiger partial charge in [0.15, 0.2) is 0 Å². The van der Waals surface area contributed by atoms with Crippen molar-refractivity contribution >= 4 is 22.9 Å². The van der Waals surface area contributed by atoms with Crippen molar-refractivity contribution in [1.29, 1.82) is 0 Å². The average molecular weight is 362 g/mol. The van der Waals surface area contributed by atoms with Gasteiger partial charge in [-0.15, -0.1) is 0 Å². The van der Waals surface area contributed by atoms with Crippen molar-refractivity contribution in [2.75, 3.05) is 6.54 Å². The summed E-state index contributed by atoms with van der Waals surface area (Å²) < 4.78 is 0. The highest BCUT2D eigenvalue weighted by atomic mass is 16.5. The molecular weight excluding hydrogens is 340 g/mol. The molecule has 1 aliphatic rings. The number of hydroxylamine groups is 1. The summed E-state index contributed by atoms with van der Waals surface area (Å²) in [6.45, 7) is 0.872. The molecule has 3 aromatic rings. The molecule has 138 valence electrons. The molecule has 0 aliphatic heterocycles. The molecule has 6 nitrogen and oxygen atoms in total. The van der Waals surface area contributed by atoms with Crippen LogP contribution in [0.4, 0.5) is 0 Å². The molecule has 6 heteroatoms. The lowest BCUT2D eigenvalue weighted by molar-refractivity contribution is -0.124. The Morgan fingerprint density at radius 3 is 3.07 bits per heavy atom. The molecule has 1 aliphatic carbocycles. The third-order valence-corrected chi connectivity index (χ3v) is 5.08. The van der Waals surface area contributed by atoms with Crippen molar-refractivity contribution in [1.82, 2.24) is 21.0 Å². The summed E-state index contributed by atoms with van der Waals surface area (Å²) in [7, 11) is 0. The number of carbonyl (C=O) groups excluding carboxylic acids is 1. The number of hydrogen-bond acceptors (Lipinski definition) is 4. The van der Waals surface area contributed by atoms with Crippen LogP contribution in [0.1, 0.15) is 34.8 Å². The predicted molar refractivity (Wildman–Crippen MR) is 104 cm³/mol. The fourth-order valence-corrected chi connectivity index (χ4v) is 3.74. The molecule has 0 saturated heterocycles.